The van der Waals surface area contributed by atoms with Crippen molar-refractivity contribution in [2.75, 3.05) is 20.3 Å². The van der Waals surface area contributed by atoms with E-state index >= 15 is 0 Å². The number of hydrogen-bond acceptors (Lipinski definition) is 2. The molecule has 0 fully saturated rings. The standard InChI is InChI=1S/C18H33NO2/c1-3-4-15-18(20)19-16-13-11-9-7-5-6-8-10-12-14-17-21-2/h1H,4-17H2,2H3,(H,19,20). The number of methoxy groups -OCH3 is 1. The van der Waals surface area contributed by atoms with Crippen molar-refractivity contribution in [3.05, 3.63) is 0 Å². The molecule has 0 aliphatic heterocycles. The molecule has 0 rings (SSSR count). The fourth-order valence-electron chi connectivity index (χ4n) is 2.29. The number of amides is 1. The van der Waals surface area contributed by atoms with Gasteiger partial charge in [0.1, 0.15) is 0 Å². The van der Waals surface area contributed by atoms with E-state index in [1.54, 1.807) is 7.11 Å². The van der Waals surface area contributed by atoms with Crippen LogP contribution in [-0.2, 0) is 9.53 Å². The Kier molecular flexibility index (Phi) is 16.2. The molecule has 0 aliphatic carbocycles. The lowest BCUT2D eigenvalue weighted by Crippen LogP contribution is -2.23. The molecule has 3 heteroatoms. The minimum Gasteiger partial charge on any atom is -0.385 e. The topological polar surface area (TPSA) is 38.3 Å². The SMILES string of the molecule is C#CCCC(=O)NCCCCCCCCCCCCOC. The molecule has 0 heterocycles. The Morgan fingerprint density at radius 2 is 1.48 bits per heavy atom. The first-order valence-corrected chi connectivity index (χ1v) is 8.50. The van der Waals surface area contributed by atoms with Crippen LogP contribution in [0.5, 0.6) is 0 Å². The maximum absolute atomic E-state index is 11.3. The van der Waals surface area contributed by atoms with Crippen LogP contribution in [0.1, 0.15) is 77.0 Å². The summed E-state index contributed by atoms with van der Waals surface area (Å²) in [4.78, 5) is 11.3. The molecule has 122 valence electrons. The van der Waals surface area contributed by atoms with Crippen LogP contribution in [0, 0.1) is 12.3 Å². The average molecular weight is 295 g/mol. The van der Waals surface area contributed by atoms with E-state index in [0.717, 1.165) is 19.6 Å². The van der Waals surface area contributed by atoms with E-state index < -0.39 is 0 Å². The van der Waals surface area contributed by atoms with E-state index in [4.69, 9.17) is 11.2 Å². The molecule has 0 aromatic carbocycles. The van der Waals surface area contributed by atoms with Gasteiger partial charge in [0.2, 0.25) is 5.91 Å². The first-order chi connectivity index (χ1) is 10.3. The van der Waals surface area contributed by atoms with Crippen LogP contribution in [0.3, 0.4) is 0 Å². The summed E-state index contributed by atoms with van der Waals surface area (Å²) in [6, 6.07) is 0. The summed E-state index contributed by atoms with van der Waals surface area (Å²) in [6.45, 7) is 1.70. The van der Waals surface area contributed by atoms with Gasteiger partial charge in [0.25, 0.3) is 0 Å². The zero-order valence-corrected chi connectivity index (χ0v) is 13.8. The zero-order chi connectivity index (χ0) is 15.6. The summed E-state index contributed by atoms with van der Waals surface area (Å²) in [5.41, 5.74) is 0. The minimum absolute atomic E-state index is 0.0847. The lowest BCUT2D eigenvalue weighted by atomic mass is 10.1. The molecule has 0 saturated heterocycles. The highest BCUT2D eigenvalue weighted by Crippen LogP contribution is 2.10. The second-order valence-corrected chi connectivity index (χ2v) is 5.58. The van der Waals surface area contributed by atoms with Crippen molar-refractivity contribution in [1.82, 2.24) is 5.32 Å². The van der Waals surface area contributed by atoms with Crippen LogP contribution in [0.15, 0.2) is 0 Å². The van der Waals surface area contributed by atoms with Crippen molar-refractivity contribution in [3.8, 4) is 12.3 Å². The second-order valence-electron chi connectivity index (χ2n) is 5.58. The van der Waals surface area contributed by atoms with Crippen LogP contribution >= 0.6 is 0 Å². The van der Waals surface area contributed by atoms with Gasteiger partial charge in [-0.2, -0.15) is 0 Å². The molecule has 0 spiro atoms. The summed E-state index contributed by atoms with van der Waals surface area (Å²) in [6.07, 6.45) is 18.9. The quantitative estimate of drug-likeness (QED) is 0.365. The number of rotatable bonds is 15. The van der Waals surface area contributed by atoms with E-state index in [-0.39, 0.29) is 5.91 Å². The number of carbonyl (C=O) groups is 1. The number of nitrogens with one attached hydrogen (secondary N) is 1. The van der Waals surface area contributed by atoms with Crippen LogP contribution in [-0.4, -0.2) is 26.2 Å². The van der Waals surface area contributed by atoms with E-state index in [2.05, 4.69) is 11.2 Å². The fourth-order valence-corrected chi connectivity index (χ4v) is 2.29. The first kappa shape index (κ1) is 20.0. The van der Waals surface area contributed by atoms with Crippen molar-refractivity contribution in [3.63, 3.8) is 0 Å². The van der Waals surface area contributed by atoms with E-state index in [1.807, 2.05) is 0 Å². The van der Waals surface area contributed by atoms with Crippen molar-refractivity contribution >= 4 is 5.91 Å². The maximum atomic E-state index is 11.3. The number of terminal acetylenes is 1. The third kappa shape index (κ3) is 16.9. The van der Waals surface area contributed by atoms with Gasteiger partial charge in [-0.25, -0.2) is 0 Å². The lowest BCUT2D eigenvalue weighted by molar-refractivity contribution is -0.120. The molecular formula is C18H33NO2. The highest BCUT2D eigenvalue weighted by molar-refractivity contribution is 5.76. The van der Waals surface area contributed by atoms with E-state index in [9.17, 15) is 4.79 Å². The van der Waals surface area contributed by atoms with Gasteiger partial charge < -0.3 is 10.1 Å². The summed E-state index contributed by atoms with van der Waals surface area (Å²) in [7, 11) is 1.77. The summed E-state index contributed by atoms with van der Waals surface area (Å²) >= 11 is 0. The molecule has 0 bridgehead atoms. The van der Waals surface area contributed by atoms with Gasteiger partial charge in [0.15, 0.2) is 0 Å². The summed E-state index contributed by atoms with van der Waals surface area (Å²) in [5.74, 6) is 2.57. The molecule has 3 nitrogen and oxygen atoms in total. The third-order valence-electron chi connectivity index (χ3n) is 3.59. The maximum Gasteiger partial charge on any atom is 0.220 e. The third-order valence-corrected chi connectivity index (χ3v) is 3.59. The molecule has 0 aromatic rings. The number of carbonyl (C=O) groups excluding carboxylic acids is 1. The van der Waals surface area contributed by atoms with Crippen LogP contribution in [0.25, 0.3) is 0 Å². The number of ether oxygens (including phenoxy) is 1. The molecule has 1 N–H and O–H groups in total. The highest BCUT2D eigenvalue weighted by Gasteiger charge is 1.98. The van der Waals surface area contributed by atoms with Gasteiger partial charge in [-0.15, -0.1) is 12.3 Å². The Balaban J connectivity index is 3.06. The van der Waals surface area contributed by atoms with E-state index in [0.29, 0.717) is 12.8 Å². The Bertz CT molecular complexity index is 271. The Hall–Kier alpha value is -1.01. The minimum atomic E-state index is 0.0847. The van der Waals surface area contributed by atoms with Crippen LogP contribution in [0.4, 0.5) is 0 Å². The average Bonchev–Trinajstić information content (AvgIpc) is 2.49. The van der Waals surface area contributed by atoms with Crippen molar-refractivity contribution in [2.24, 2.45) is 0 Å². The van der Waals surface area contributed by atoms with Crippen LogP contribution in [0.2, 0.25) is 0 Å². The van der Waals surface area contributed by atoms with Gasteiger partial charge >= 0.3 is 0 Å². The van der Waals surface area contributed by atoms with Gasteiger partial charge in [0, 0.05) is 33.1 Å². The van der Waals surface area contributed by atoms with Gasteiger partial charge in [-0.1, -0.05) is 51.4 Å². The zero-order valence-electron chi connectivity index (χ0n) is 13.8. The van der Waals surface area contributed by atoms with E-state index in [1.165, 1.54) is 57.8 Å². The second kappa shape index (κ2) is 17.0. The van der Waals surface area contributed by atoms with Gasteiger partial charge in [0.05, 0.1) is 0 Å². The molecule has 21 heavy (non-hydrogen) atoms. The van der Waals surface area contributed by atoms with Crippen molar-refractivity contribution in [2.45, 2.75) is 77.0 Å². The highest BCUT2D eigenvalue weighted by atomic mass is 16.5. The fraction of sp³-hybridized carbons (Fsp3) is 0.833. The lowest BCUT2D eigenvalue weighted by Gasteiger charge is -2.04. The largest absolute Gasteiger partial charge is 0.385 e. The van der Waals surface area contributed by atoms with Crippen LogP contribution < -0.4 is 5.32 Å². The van der Waals surface area contributed by atoms with Crippen molar-refractivity contribution < 1.29 is 9.53 Å². The predicted molar refractivity (Wildman–Crippen MR) is 89.1 cm³/mol. The molecule has 1 amide bonds. The summed E-state index contributed by atoms with van der Waals surface area (Å²) < 4.78 is 5.03. The Morgan fingerprint density at radius 3 is 2.00 bits per heavy atom. The molecule has 0 aliphatic rings. The molecule has 0 unspecified atom stereocenters. The molecule has 0 saturated carbocycles. The molecular weight excluding hydrogens is 262 g/mol. The van der Waals surface area contributed by atoms with Crippen molar-refractivity contribution in [1.29, 1.82) is 0 Å². The molecule has 0 aromatic heterocycles. The number of unbranched alkanes of at least 4 members (excludes halogenated alkanes) is 9. The Morgan fingerprint density at radius 1 is 0.952 bits per heavy atom. The monoisotopic (exact) mass is 295 g/mol. The normalized spacial score (nSPS) is 10.3. The summed E-state index contributed by atoms with van der Waals surface area (Å²) in [5, 5.41) is 2.91. The molecule has 0 atom stereocenters. The predicted octanol–water partition coefficient (Wildman–Crippen LogP) is 4.06. The number of hydrogen-bond donors (Lipinski definition) is 1. The first-order valence-electron chi connectivity index (χ1n) is 8.50. The molecule has 0 radical (unpaired) electrons. The van der Waals surface area contributed by atoms with Gasteiger partial charge in [-0.05, 0) is 12.8 Å². The Labute approximate surface area is 131 Å². The smallest absolute Gasteiger partial charge is 0.220 e. The van der Waals surface area contributed by atoms with Gasteiger partial charge in [-0.3, -0.25) is 4.79 Å².